The van der Waals surface area contributed by atoms with Crippen LogP contribution in [0.15, 0.2) is 0 Å². The van der Waals surface area contributed by atoms with Gasteiger partial charge in [0.2, 0.25) is 11.8 Å². The Balaban J connectivity index is 3.38. The lowest BCUT2D eigenvalue weighted by Gasteiger charge is -2.08. The molecule has 0 atom stereocenters. The SMILES string of the molecule is CC(C)C(=O)NCCNC(=O)CCBr. The normalized spacial score (nSPS) is 10.0. The minimum Gasteiger partial charge on any atom is -0.354 e. The number of rotatable bonds is 6. The molecule has 4 nitrogen and oxygen atoms in total. The van der Waals surface area contributed by atoms with Crippen LogP contribution >= 0.6 is 15.9 Å². The van der Waals surface area contributed by atoms with Crippen molar-refractivity contribution in [1.82, 2.24) is 10.6 Å². The van der Waals surface area contributed by atoms with Gasteiger partial charge in [0.1, 0.15) is 0 Å². The number of amides is 2. The molecule has 0 aliphatic rings. The predicted octanol–water partition coefficient (Wildman–Crippen LogP) is 0.660. The van der Waals surface area contributed by atoms with E-state index in [1.165, 1.54) is 0 Å². The van der Waals surface area contributed by atoms with Gasteiger partial charge in [-0.2, -0.15) is 0 Å². The third-order valence-electron chi connectivity index (χ3n) is 1.59. The Bertz CT molecular complexity index is 195. The molecule has 82 valence electrons. The fraction of sp³-hybridized carbons (Fsp3) is 0.778. The standard InChI is InChI=1S/C9H17BrN2O2/c1-7(2)9(14)12-6-5-11-8(13)3-4-10/h7H,3-6H2,1-2H3,(H,11,13)(H,12,14). The van der Waals surface area contributed by atoms with Gasteiger partial charge in [0.25, 0.3) is 0 Å². The van der Waals surface area contributed by atoms with Gasteiger partial charge >= 0.3 is 0 Å². The van der Waals surface area contributed by atoms with E-state index < -0.39 is 0 Å². The van der Waals surface area contributed by atoms with Gasteiger partial charge in [-0.05, 0) is 0 Å². The van der Waals surface area contributed by atoms with Crippen molar-refractivity contribution in [2.24, 2.45) is 5.92 Å². The second-order valence-corrected chi connectivity index (χ2v) is 4.03. The largest absolute Gasteiger partial charge is 0.354 e. The lowest BCUT2D eigenvalue weighted by Crippen LogP contribution is -2.36. The number of carbonyl (C=O) groups excluding carboxylic acids is 2. The summed E-state index contributed by atoms with van der Waals surface area (Å²) in [6, 6.07) is 0. The molecule has 2 amide bonds. The number of nitrogens with one attached hydrogen (secondary N) is 2. The van der Waals surface area contributed by atoms with E-state index in [2.05, 4.69) is 26.6 Å². The minimum atomic E-state index is -0.00626. The summed E-state index contributed by atoms with van der Waals surface area (Å²) in [5, 5.41) is 6.07. The number of alkyl halides is 1. The summed E-state index contributed by atoms with van der Waals surface area (Å²) in [5.74, 6) is 0.00801. The Morgan fingerprint density at radius 1 is 1.21 bits per heavy atom. The minimum absolute atomic E-state index is 0.000621. The zero-order chi connectivity index (χ0) is 11.0. The Kier molecular flexibility index (Phi) is 7.47. The van der Waals surface area contributed by atoms with Crippen molar-refractivity contribution in [3.8, 4) is 0 Å². The van der Waals surface area contributed by atoms with E-state index in [1.54, 1.807) is 0 Å². The van der Waals surface area contributed by atoms with Gasteiger partial charge in [-0.1, -0.05) is 29.8 Å². The molecule has 0 radical (unpaired) electrons. The van der Waals surface area contributed by atoms with Crippen LogP contribution < -0.4 is 10.6 Å². The highest BCUT2D eigenvalue weighted by Crippen LogP contribution is 1.89. The quantitative estimate of drug-likeness (QED) is 0.547. The fourth-order valence-electron chi connectivity index (χ4n) is 0.766. The van der Waals surface area contributed by atoms with Crippen LogP contribution in [0, 0.1) is 5.92 Å². The van der Waals surface area contributed by atoms with E-state index in [1.807, 2.05) is 13.8 Å². The van der Waals surface area contributed by atoms with E-state index in [0.29, 0.717) is 24.8 Å². The molecule has 0 spiro atoms. The molecule has 0 rings (SSSR count). The average Bonchev–Trinajstić information content (AvgIpc) is 2.12. The van der Waals surface area contributed by atoms with Gasteiger partial charge in [0.05, 0.1) is 0 Å². The molecule has 2 N–H and O–H groups in total. The van der Waals surface area contributed by atoms with Crippen molar-refractivity contribution in [2.45, 2.75) is 20.3 Å². The monoisotopic (exact) mass is 264 g/mol. The maximum absolute atomic E-state index is 11.1. The van der Waals surface area contributed by atoms with E-state index in [-0.39, 0.29) is 17.7 Å². The molecular formula is C9H17BrN2O2. The lowest BCUT2D eigenvalue weighted by molar-refractivity contribution is -0.124. The number of hydrogen-bond acceptors (Lipinski definition) is 2. The molecular weight excluding hydrogens is 248 g/mol. The molecule has 0 saturated carbocycles. The van der Waals surface area contributed by atoms with Gasteiger partial charge in [0, 0.05) is 30.8 Å². The summed E-state index contributed by atoms with van der Waals surface area (Å²) in [6.45, 7) is 4.65. The molecule has 0 aliphatic carbocycles. The van der Waals surface area contributed by atoms with Gasteiger partial charge < -0.3 is 10.6 Å². The maximum atomic E-state index is 11.1. The Labute approximate surface area is 92.9 Å². The third-order valence-corrected chi connectivity index (χ3v) is 1.99. The third kappa shape index (κ3) is 6.88. The Hall–Kier alpha value is -0.580. The van der Waals surface area contributed by atoms with Crippen molar-refractivity contribution >= 4 is 27.7 Å². The van der Waals surface area contributed by atoms with E-state index in [9.17, 15) is 9.59 Å². The summed E-state index contributed by atoms with van der Waals surface area (Å²) in [6.07, 6.45) is 0.470. The van der Waals surface area contributed by atoms with Crippen LogP contribution in [-0.4, -0.2) is 30.2 Å². The molecule has 0 heterocycles. The molecule has 5 heteroatoms. The van der Waals surface area contributed by atoms with Gasteiger partial charge in [-0.25, -0.2) is 0 Å². The molecule has 0 saturated heterocycles. The smallest absolute Gasteiger partial charge is 0.222 e. The summed E-state index contributed by atoms with van der Waals surface area (Å²) in [4.78, 5) is 22.0. The van der Waals surface area contributed by atoms with E-state index in [0.717, 1.165) is 0 Å². The summed E-state index contributed by atoms with van der Waals surface area (Å²) >= 11 is 3.17. The van der Waals surface area contributed by atoms with Crippen LogP contribution in [0.3, 0.4) is 0 Å². The zero-order valence-electron chi connectivity index (χ0n) is 8.60. The zero-order valence-corrected chi connectivity index (χ0v) is 10.2. The number of hydrogen-bond donors (Lipinski definition) is 2. The van der Waals surface area contributed by atoms with Crippen molar-refractivity contribution < 1.29 is 9.59 Å². The molecule has 0 aromatic heterocycles. The molecule has 0 aliphatic heterocycles. The lowest BCUT2D eigenvalue weighted by atomic mass is 10.2. The second kappa shape index (κ2) is 7.79. The Morgan fingerprint density at radius 3 is 2.29 bits per heavy atom. The maximum Gasteiger partial charge on any atom is 0.222 e. The van der Waals surface area contributed by atoms with Crippen LogP contribution in [0.4, 0.5) is 0 Å². The van der Waals surface area contributed by atoms with Crippen molar-refractivity contribution in [1.29, 1.82) is 0 Å². The van der Waals surface area contributed by atoms with Gasteiger partial charge in [-0.3, -0.25) is 9.59 Å². The van der Waals surface area contributed by atoms with Crippen LogP contribution in [0.2, 0.25) is 0 Å². The predicted molar refractivity (Wildman–Crippen MR) is 59.3 cm³/mol. The molecule has 0 aromatic carbocycles. The average molecular weight is 265 g/mol. The first-order valence-corrected chi connectivity index (χ1v) is 5.80. The van der Waals surface area contributed by atoms with Crippen LogP contribution in [-0.2, 0) is 9.59 Å². The molecule has 0 fully saturated rings. The summed E-state index contributed by atoms with van der Waals surface area (Å²) in [7, 11) is 0. The highest BCUT2D eigenvalue weighted by Gasteiger charge is 2.05. The van der Waals surface area contributed by atoms with Gasteiger partial charge in [0.15, 0.2) is 0 Å². The highest BCUT2D eigenvalue weighted by atomic mass is 79.9. The van der Waals surface area contributed by atoms with E-state index in [4.69, 9.17) is 0 Å². The number of carbonyl (C=O) groups is 2. The van der Waals surface area contributed by atoms with Crippen molar-refractivity contribution in [3.63, 3.8) is 0 Å². The fourth-order valence-corrected chi connectivity index (χ4v) is 1.13. The van der Waals surface area contributed by atoms with Gasteiger partial charge in [-0.15, -0.1) is 0 Å². The van der Waals surface area contributed by atoms with Crippen LogP contribution in [0.1, 0.15) is 20.3 Å². The summed E-state index contributed by atoms with van der Waals surface area (Å²) < 4.78 is 0. The number of halogens is 1. The van der Waals surface area contributed by atoms with Crippen LogP contribution in [0.5, 0.6) is 0 Å². The molecule has 0 aromatic rings. The first-order valence-electron chi connectivity index (χ1n) is 4.68. The first kappa shape index (κ1) is 13.4. The highest BCUT2D eigenvalue weighted by molar-refractivity contribution is 9.09. The first-order chi connectivity index (χ1) is 6.57. The van der Waals surface area contributed by atoms with Crippen molar-refractivity contribution in [3.05, 3.63) is 0 Å². The molecule has 0 bridgehead atoms. The molecule has 14 heavy (non-hydrogen) atoms. The molecule has 0 unspecified atom stereocenters. The van der Waals surface area contributed by atoms with Crippen molar-refractivity contribution in [2.75, 3.05) is 18.4 Å². The Morgan fingerprint density at radius 2 is 1.79 bits per heavy atom. The van der Waals surface area contributed by atoms with E-state index >= 15 is 0 Å². The van der Waals surface area contributed by atoms with Crippen LogP contribution in [0.25, 0.3) is 0 Å². The summed E-state index contributed by atoms with van der Waals surface area (Å²) in [5.41, 5.74) is 0. The topological polar surface area (TPSA) is 58.2 Å². The second-order valence-electron chi connectivity index (χ2n) is 3.23.